The molecule has 1 saturated heterocycles. The molecule has 3 aromatic carbocycles. The van der Waals surface area contributed by atoms with Crippen LogP contribution in [0.4, 0.5) is 4.39 Å². The molecule has 150 valence electrons. The summed E-state index contributed by atoms with van der Waals surface area (Å²) in [7, 11) is 0. The first-order chi connectivity index (χ1) is 14.1. The highest BCUT2D eigenvalue weighted by Gasteiger charge is 2.39. The second-order valence-corrected chi connectivity index (χ2v) is 7.43. The maximum Gasteiger partial charge on any atom is 0.198 e. The molecule has 0 radical (unpaired) electrons. The number of hydrogen-bond donors (Lipinski definition) is 1. The molecule has 4 rings (SSSR count). The van der Waals surface area contributed by atoms with Gasteiger partial charge in [0.15, 0.2) is 11.4 Å². The molecule has 1 N–H and O–H groups in total. The van der Waals surface area contributed by atoms with E-state index in [1.54, 1.807) is 0 Å². The number of ether oxygens (including phenoxy) is 1. The number of ketones is 1. The fraction of sp³-hybridized carbons (Fsp3) is 0.292. The number of carbonyl (C=O) groups is 1. The van der Waals surface area contributed by atoms with Gasteiger partial charge in [0.25, 0.3) is 0 Å². The van der Waals surface area contributed by atoms with Gasteiger partial charge in [0, 0.05) is 31.6 Å². The topological polar surface area (TPSA) is 49.8 Å². The number of benzene rings is 3. The van der Waals surface area contributed by atoms with E-state index in [-0.39, 0.29) is 6.42 Å². The number of Topliss-reactive ketones (excluding diaryl/α,β-unsaturated/α-hetero) is 1. The van der Waals surface area contributed by atoms with Gasteiger partial charge in [-0.2, -0.15) is 0 Å². The predicted octanol–water partition coefficient (Wildman–Crippen LogP) is 3.77. The maximum atomic E-state index is 13.5. The Balaban J connectivity index is 1.75. The molecule has 0 spiro atoms. The van der Waals surface area contributed by atoms with E-state index < -0.39 is 17.2 Å². The molecule has 1 fully saturated rings. The Hall–Kier alpha value is -2.60. The van der Waals surface area contributed by atoms with Gasteiger partial charge < -0.3 is 9.84 Å². The summed E-state index contributed by atoms with van der Waals surface area (Å²) < 4.78 is 18.8. The second-order valence-electron chi connectivity index (χ2n) is 7.43. The van der Waals surface area contributed by atoms with Crippen molar-refractivity contribution in [2.24, 2.45) is 0 Å². The highest BCUT2D eigenvalue weighted by atomic mass is 19.1. The average molecular weight is 393 g/mol. The summed E-state index contributed by atoms with van der Waals surface area (Å²) in [5, 5.41) is 13.6. The van der Waals surface area contributed by atoms with Crippen LogP contribution < -0.4 is 0 Å². The summed E-state index contributed by atoms with van der Waals surface area (Å²) in [6.07, 6.45) is 0.247. The fourth-order valence-corrected chi connectivity index (χ4v) is 3.94. The minimum atomic E-state index is -1.71. The lowest BCUT2D eigenvalue weighted by Crippen LogP contribution is -2.43. The van der Waals surface area contributed by atoms with Gasteiger partial charge in [0.2, 0.25) is 0 Å². The van der Waals surface area contributed by atoms with Crippen LogP contribution in [0.2, 0.25) is 0 Å². The Morgan fingerprint density at radius 2 is 1.69 bits per heavy atom. The summed E-state index contributed by atoms with van der Waals surface area (Å²) in [5.74, 6) is -0.828. The lowest BCUT2D eigenvalue weighted by atomic mass is 9.80. The van der Waals surface area contributed by atoms with E-state index in [2.05, 4.69) is 4.90 Å². The molecule has 1 aliphatic heterocycles. The van der Waals surface area contributed by atoms with E-state index in [9.17, 15) is 14.3 Å². The number of nitrogens with zero attached hydrogens (tertiary/aromatic N) is 1. The third-order valence-corrected chi connectivity index (χ3v) is 5.61. The summed E-state index contributed by atoms with van der Waals surface area (Å²) in [5.41, 5.74) is -0.834. The van der Waals surface area contributed by atoms with Crippen LogP contribution >= 0.6 is 0 Å². The van der Waals surface area contributed by atoms with E-state index in [1.165, 1.54) is 24.3 Å². The van der Waals surface area contributed by atoms with Crippen molar-refractivity contribution in [3.8, 4) is 0 Å². The highest BCUT2D eigenvalue weighted by Crippen LogP contribution is 2.35. The number of halogens is 1. The molecular formula is C24H24FNO3. The van der Waals surface area contributed by atoms with Gasteiger partial charge in [0.1, 0.15) is 5.82 Å². The average Bonchev–Trinajstić information content (AvgIpc) is 2.78. The Kier molecular flexibility index (Phi) is 5.72. The lowest BCUT2D eigenvalue weighted by molar-refractivity contribution is 0.00331. The minimum Gasteiger partial charge on any atom is -0.379 e. The van der Waals surface area contributed by atoms with Crippen LogP contribution in [0.15, 0.2) is 66.7 Å². The van der Waals surface area contributed by atoms with Gasteiger partial charge in [-0.3, -0.25) is 9.69 Å². The van der Waals surface area contributed by atoms with E-state index >= 15 is 0 Å². The van der Waals surface area contributed by atoms with Crippen LogP contribution in [0.5, 0.6) is 0 Å². The summed E-state index contributed by atoms with van der Waals surface area (Å²) >= 11 is 0. The Morgan fingerprint density at radius 1 is 1.00 bits per heavy atom. The van der Waals surface area contributed by atoms with Crippen LogP contribution in [0.3, 0.4) is 0 Å². The minimum absolute atomic E-state index is 0.247. The molecule has 1 aliphatic rings. The number of aliphatic hydroxyl groups is 1. The van der Waals surface area contributed by atoms with Gasteiger partial charge in [-0.1, -0.05) is 42.5 Å². The summed E-state index contributed by atoms with van der Waals surface area (Å²) in [4.78, 5) is 15.7. The molecular weight excluding hydrogens is 369 g/mol. The van der Waals surface area contributed by atoms with Gasteiger partial charge in [0.05, 0.1) is 13.2 Å². The standard InChI is InChI=1S/C24H24FNO3/c25-20-10-8-19(9-11-20)23(27)24(28,12-13-26-14-16-29-17-15-26)22-7-3-5-18-4-1-2-6-21(18)22/h1-11,28H,12-17H2. The van der Waals surface area contributed by atoms with Crippen molar-refractivity contribution in [2.75, 3.05) is 32.8 Å². The zero-order chi connectivity index (χ0) is 20.3. The molecule has 1 heterocycles. The zero-order valence-electron chi connectivity index (χ0n) is 16.2. The molecule has 4 nitrogen and oxygen atoms in total. The van der Waals surface area contributed by atoms with Crippen molar-refractivity contribution in [1.82, 2.24) is 4.90 Å². The van der Waals surface area contributed by atoms with Crippen molar-refractivity contribution in [3.63, 3.8) is 0 Å². The third-order valence-electron chi connectivity index (χ3n) is 5.61. The maximum absolute atomic E-state index is 13.5. The molecule has 0 bridgehead atoms. The number of carbonyl (C=O) groups excluding carboxylic acids is 1. The molecule has 1 unspecified atom stereocenters. The molecule has 0 amide bonds. The van der Waals surface area contributed by atoms with Crippen molar-refractivity contribution in [2.45, 2.75) is 12.0 Å². The van der Waals surface area contributed by atoms with Crippen LogP contribution in [0.25, 0.3) is 10.8 Å². The highest BCUT2D eigenvalue weighted by molar-refractivity contribution is 6.05. The first-order valence-corrected chi connectivity index (χ1v) is 9.89. The molecule has 3 aromatic rings. The van der Waals surface area contributed by atoms with Crippen LogP contribution in [0, 0.1) is 5.82 Å². The van der Waals surface area contributed by atoms with Crippen molar-refractivity contribution in [1.29, 1.82) is 0 Å². The fourth-order valence-electron chi connectivity index (χ4n) is 3.94. The molecule has 0 aliphatic carbocycles. The number of hydrogen-bond acceptors (Lipinski definition) is 4. The van der Waals surface area contributed by atoms with Gasteiger partial charge >= 0.3 is 0 Å². The number of rotatable bonds is 6. The second kappa shape index (κ2) is 8.41. The van der Waals surface area contributed by atoms with Crippen molar-refractivity contribution in [3.05, 3.63) is 83.7 Å². The van der Waals surface area contributed by atoms with Crippen LogP contribution in [0.1, 0.15) is 22.3 Å². The molecule has 0 aromatic heterocycles. The lowest BCUT2D eigenvalue weighted by Gasteiger charge is -2.33. The summed E-state index contributed by atoms with van der Waals surface area (Å²) in [6, 6.07) is 18.7. The Morgan fingerprint density at radius 3 is 2.45 bits per heavy atom. The van der Waals surface area contributed by atoms with Crippen LogP contribution in [-0.2, 0) is 10.3 Å². The molecule has 0 saturated carbocycles. The zero-order valence-corrected chi connectivity index (χ0v) is 16.2. The first-order valence-electron chi connectivity index (χ1n) is 9.89. The molecule has 1 atom stereocenters. The molecule has 5 heteroatoms. The van der Waals surface area contributed by atoms with Gasteiger partial charge in [-0.05, 0) is 40.6 Å². The van der Waals surface area contributed by atoms with Crippen molar-refractivity contribution < 1.29 is 19.0 Å². The van der Waals surface area contributed by atoms with E-state index in [0.717, 1.165) is 23.9 Å². The van der Waals surface area contributed by atoms with E-state index in [0.29, 0.717) is 30.9 Å². The number of morpholine rings is 1. The Labute approximate surface area is 169 Å². The van der Waals surface area contributed by atoms with Gasteiger partial charge in [-0.15, -0.1) is 0 Å². The quantitative estimate of drug-likeness (QED) is 0.648. The summed E-state index contributed by atoms with van der Waals surface area (Å²) in [6.45, 7) is 3.42. The predicted molar refractivity (Wildman–Crippen MR) is 110 cm³/mol. The van der Waals surface area contributed by atoms with Crippen LogP contribution in [-0.4, -0.2) is 48.6 Å². The van der Waals surface area contributed by atoms with Crippen molar-refractivity contribution >= 4 is 16.6 Å². The monoisotopic (exact) mass is 393 g/mol. The first kappa shape index (κ1) is 19.7. The largest absolute Gasteiger partial charge is 0.379 e. The normalized spacial score (nSPS) is 17.2. The van der Waals surface area contributed by atoms with E-state index in [4.69, 9.17) is 4.74 Å². The smallest absolute Gasteiger partial charge is 0.198 e. The van der Waals surface area contributed by atoms with Gasteiger partial charge in [-0.25, -0.2) is 4.39 Å². The van der Waals surface area contributed by atoms with E-state index in [1.807, 2.05) is 42.5 Å². The molecule has 29 heavy (non-hydrogen) atoms. The number of fused-ring (bicyclic) bond motifs is 1. The third kappa shape index (κ3) is 4.08. The Bertz CT molecular complexity index is 993. The SMILES string of the molecule is O=C(c1ccc(F)cc1)C(O)(CCN1CCOCC1)c1cccc2ccccc12.